The number of carbonyl (C=O) groups excluding carboxylic acids is 1. The molecule has 1 saturated heterocycles. The van der Waals surface area contributed by atoms with Crippen LogP contribution in [0.3, 0.4) is 0 Å². The molecule has 0 amide bonds. The number of hydrogen-bond acceptors (Lipinski definition) is 5. The molecule has 1 atom stereocenters. The number of pyridine rings is 1. The van der Waals surface area contributed by atoms with E-state index in [0.717, 1.165) is 21.9 Å². The van der Waals surface area contributed by atoms with Crippen molar-refractivity contribution in [1.29, 1.82) is 5.26 Å². The second kappa shape index (κ2) is 7.44. The fourth-order valence-electron chi connectivity index (χ4n) is 3.13. The Hall–Kier alpha value is -2.43. The van der Waals surface area contributed by atoms with E-state index in [2.05, 4.69) is 15.9 Å². The zero-order chi connectivity index (χ0) is 18.8. The number of nitrogens with zero attached hydrogens (tertiary/aromatic N) is 2. The molecule has 0 spiro atoms. The van der Waals surface area contributed by atoms with E-state index in [4.69, 9.17) is 4.74 Å². The van der Waals surface area contributed by atoms with Crippen molar-refractivity contribution in [3.8, 4) is 11.9 Å². The van der Waals surface area contributed by atoms with Crippen LogP contribution in [-0.2, 0) is 11.3 Å². The highest BCUT2D eigenvalue weighted by Crippen LogP contribution is 2.27. The Kier molecular flexibility index (Phi) is 5.25. The normalized spacial score (nSPS) is 16.4. The summed E-state index contributed by atoms with van der Waals surface area (Å²) in [7, 11) is 0. The molecule has 0 bridgehead atoms. The molecule has 2 aromatic rings. The average molecular weight is 417 g/mol. The van der Waals surface area contributed by atoms with Gasteiger partial charge in [0, 0.05) is 16.6 Å². The Labute approximate surface area is 158 Å². The predicted octanol–water partition coefficient (Wildman–Crippen LogP) is 2.91. The molecule has 6 nitrogen and oxygen atoms in total. The van der Waals surface area contributed by atoms with Crippen molar-refractivity contribution in [3.63, 3.8) is 0 Å². The third kappa shape index (κ3) is 3.30. The number of hydrogen-bond donors (Lipinski definition) is 1. The molecule has 0 radical (unpaired) electrons. The first-order chi connectivity index (χ1) is 12.4. The van der Waals surface area contributed by atoms with Crippen molar-refractivity contribution in [1.82, 2.24) is 4.57 Å². The van der Waals surface area contributed by atoms with Crippen molar-refractivity contribution in [2.45, 2.75) is 32.4 Å². The van der Waals surface area contributed by atoms with Gasteiger partial charge in [-0.2, -0.15) is 5.26 Å². The number of nitriles is 1. The van der Waals surface area contributed by atoms with Gasteiger partial charge >= 0.3 is 0 Å². The molecule has 1 N–H and O–H groups in total. The minimum absolute atomic E-state index is 0.0264. The zero-order valence-electron chi connectivity index (χ0n) is 14.2. The lowest BCUT2D eigenvalue weighted by molar-refractivity contribution is 0.0929. The minimum Gasteiger partial charge on any atom is -0.494 e. The Balaban J connectivity index is 2.14. The van der Waals surface area contributed by atoms with Crippen molar-refractivity contribution >= 4 is 21.7 Å². The van der Waals surface area contributed by atoms with Crippen LogP contribution in [0.4, 0.5) is 0 Å². The topological polar surface area (TPSA) is 92.3 Å². The number of ether oxygens (including phenoxy) is 1. The fraction of sp³-hybridized carbons (Fsp3) is 0.316. The lowest BCUT2D eigenvalue weighted by atomic mass is 9.97. The van der Waals surface area contributed by atoms with E-state index >= 15 is 0 Å². The summed E-state index contributed by atoms with van der Waals surface area (Å²) in [5.41, 5.74) is -0.225. The van der Waals surface area contributed by atoms with Crippen molar-refractivity contribution in [3.05, 3.63) is 61.3 Å². The molecule has 1 unspecified atom stereocenters. The predicted molar refractivity (Wildman–Crippen MR) is 98.4 cm³/mol. The first-order valence-corrected chi connectivity index (χ1v) is 9.01. The van der Waals surface area contributed by atoms with Gasteiger partial charge in [0.05, 0.1) is 18.2 Å². The third-order valence-electron chi connectivity index (χ3n) is 4.54. The first-order valence-electron chi connectivity index (χ1n) is 8.22. The minimum atomic E-state index is -0.606. The Morgan fingerprint density at radius 3 is 2.69 bits per heavy atom. The van der Waals surface area contributed by atoms with Crippen LogP contribution < -0.4 is 5.56 Å². The molecule has 134 valence electrons. The summed E-state index contributed by atoms with van der Waals surface area (Å²) >= 11 is 3.31. The van der Waals surface area contributed by atoms with E-state index in [9.17, 15) is 20.0 Å². The highest BCUT2D eigenvalue weighted by Gasteiger charge is 2.27. The van der Waals surface area contributed by atoms with Gasteiger partial charge in [0.25, 0.3) is 5.56 Å². The van der Waals surface area contributed by atoms with Crippen LogP contribution >= 0.6 is 15.9 Å². The Bertz CT molecular complexity index is 951. The van der Waals surface area contributed by atoms with Crippen LogP contribution in [0.5, 0.6) is 5.88 Å². The molecule has 26 heavy (non-hydrogen) atoms. The summed E-state index contributed by atoms with van der Waals surface area (Å²) in [5, 5.41) is 20.1. The SMILES string of the molecule is Cc1c(C(=O)c2ccc(Br)cc2)c(O)n(CC2CCCO2)c(=O)c1C#N. The second-order valence-corrected chi connectivity index (χ2v) is 7.11. The molecule has 1 aromatic heterocycles. The summed E-state index contributed by atoms with van der Waals surface area (Å²) in [4.78, 5) is 25.5. The monoisotopic (exact) mass is 416 g/mol. The largest absolute Gasteiger partial charge is 0.494 e. The average Bonchev–Trinajstić information content (AvgIpc) is 3.13. The smallest absolute Gasteiger partial charge is 0.271 e. The van der Waals surface area contributed by atoms with Crippen molar-refractivity contribution in [2.24, 2.45) is 0 Å². The first kappa shape index (κ1) is 18.4. The van der Waals surface area contributed by atoms with E-state index in [-0.39, 0.29) is 29.3 Å². The maximum absolute atomic E-state index is 12.9. The number of aromatic hydroxyl groups is 1. The molecule has 1 aliphatic rings. The van der Waals surface area contributed by atoms with Gasteiger partial charge in [-0.3, -0.25) is 14.2 Å². The van der Waals surface area contributed by atoms with Crippen LogP contribution in [0.2, 0.25) is 0 Å². The lowest BCUT2D eigenvalue weighted by Gasteiger charge is -2.18. The molecule has 3 rings (SSSR count). The number of rotatable bonds is 4. The number of carbonyl (C=O) groups is 1. The summed E-state index contributed by atoms with van der Waals surface area (Å²) in [6.07, 6.45) is 1.42. The Morgan fingerprint density at radius 2 is 2.12 bits per heavy atom. The molecule has 1 aliphatic heterocycles. The van der Waals surface area contributed by atoms with E-state index in [1.54, 1.807) is 24.3 Å². The molecular formula is C19H17BrN2O4. The van der Waals surface area contributed by atoms with Crippen LogP contribution in [-0.4, -0.2) is 28.2 Å². The summed E-state index contributed by atoms with van der Waals surface area (Å²) in [5.74, 6) is -0.861. The second-order valence-electron chi connectivity index (χ2n) is 6.20. The lowest BCUT2D eigenvalue weighted by Crippen LogP contribution is -2.30. The molecule has 2 heterocycles. The van der Waals surface area contributed by atoms with Gasteiger partial charge < -0.3 is 9.84 Å². The van der Waals surface area contributed by atoms with E-state index in [0.29, 0.717) is 12.2 Å². The Morgan fingerprint density at radius 1 is 1.42 bits per heavy atom. The molecule has 0 aliphatic carbocycles. The van der Waals surface area contributed by atoms with Gasteiger partial charge in [0.15, 0.2) is 5.78 Å². The van der Waals surface area contributed by atoms with Crippen LogP contribution in [0.15, 0.2) is 33.5 Å². The quantitative estimate of drug-likeness (QED) is 0.773. The molecule has 1 fully saturated rings. The maximum Gasteiger partial charge on any atom is 0.271 e. The summed E-state index contributed by atoms with van der Waals surface area (Å²) in [6.45, 7) is 2.21. The highest BCUT2D eigenvalue weighted by molar-refractivity contribution is 9.10. The number of aromatic nitrogens is 1. The summed E-state index contributed by atoms with van der Waals surface area (Å²) < 4.78 is 7.42. The van der Waals surface area contributed by atoms with E-state index < -0.39 is 17.2 Å². The van der Waals surface area contributed by atoms with Crippen molar-refractivity contribution < 1.29 is 14.6 Å². The fourth-order valence-corrected chi connectivity index (χ4v) is 3.39. The number of benzene rings is 1. The van der Waals surface area contributed by atoms with Crippen LogP contribution in [0.1, 0.15) is 39.9 Å². The van der Waals surface area contributed by atoms with Crippen LogP contribution in [0.25, 0.3) is 0 Å². The van der Waals surface area contributed by atoms with Gasteiger partial charge in [0.2, 0.25) is 5.88 Å². The zero-order valence-corrected chi connectivity index (χ0v) is 15.7. The molecular weight excluding hydrogens is 400 g/mol. The van der Waals surface area contributed by atoms with Gasteiger partial charge in [-0.1, -0.05) is 15.9 Å². The molecule has 1 aromatic carbocycles. The van der Waals surface area contributed by atoms with Gasteiger partial charge in [-0.15, -0.1) is 0 Å². The standard InChI is InChI=1S/C19H17BrN2O4/c1-11-15(9-21)18(24)22(10-14-3-2-8-26-14)19(25)16(11)17(23)12-4-6-13(20)7-5-12/h4-7,14,25H,2-3,8,10H2,1H3. The van der Waals surface area contributed by atoms with E-state index in [1.807, 2.05) is 6.07 Å². The van der Waals surface area contributed by atoms with Crippen molar-refractivity contribution in [2.75, 3.05) is 6.61 Å². The number of halogens is 1. The van der Waals surface area contributed by atoms with Gasteiger partial charge in [-0.05, 0) is 49.6 Å². The molecule has 0 saturated carbocycles. The maximum atomic E-state index is 12.9. The number of ketones is 1. The van der Waals surface area contributed by atoms with Crippen LogP contribution in [0, 0.1) is 18.3 Å². The highest BCUT2D eigenvalue weighted by atomic mass is 79.9. The van der Waals surface area contributed by atoms with E-state index in [1.165, 1.54) is 6.92 Å². The molecule has 7 heteroatoms. The summed E-state index contributed by atoms with van der Waals surface area (Å²) in [6, 6.07) is 8.53. The van der Waals surface area contributed by atoms with Gasteiger partial charge in [0.1, 0.15) is 11.6 Å². The van der Waals surface area contributed by atoms with Gasteiger partial charge in [-0.25, -0.2) is 0 Å². The third-order valence-corrected chi connectivity index (χ3v) is 5.07.